The fourth-order valence-corrected chi connectivity index (χ4v) is 2.68. The lowest BCUT2D eigenvalue weighted by atomic mass is 10.1. The molecule has 5 nitrogen and oxygen atoms in total. The average molecular weight is 359 g/mol. The number of aromatic nitrogens is 1. The zero-order chi connectivity index (χ0) is 19.1. The first-order valence-electron chi connectivity index (χ1n) is 8.78. The number of anilines is 1. The summed E-state index contributed by atoms with van der Waals surface area (Å²) in [6.45, 7) is 2.46. The van der Waals surface area contributed by atoms with Crippen molar-refractivity contribution in [1.29, 1.82) is 0 Å². The van der Waals surface area contributed by atoms with Crippen LogP contribution in [0, 0.1) is 6.92 Å². The van der Waals surface area contributed by atoms with Crippen LogP contribution in [0.1, 0.15) is 32.0 Å². The van der Waals surface area contributed by atoms with Gasteiger partial charge in [-0.2, -0.15) is 0 Å². The second-order valence-electron chi connectivity index (χ2n) is 6.24. The molecule has 5 heteroatoms. The minimum absolute atomic E-state index is 0.222. The van der Waals surface area contributed by atoms with Crippen LogP contribution in [-0.4, -0.2) is 23.3 Å². The van der Waals surface area contributed by atoms with Gasteiger partial charge in [-0.05, 0) is 48.7 Å². The molecule has 0 unspecified atom stereocenters. The Kier molecular flexibility index (Phi) is 5.94. The molecule has 0 aliphatic rings. The quantitative estimate of drug-likeness (QED) is 0.706. The first-order chi connectivity index (χ1) is 13.1. The Morgan fingerprint density at radius 2 is 1.74 bits per heavy atom. The standard InChI is InChI=1S/C22H21N3O2/c1-16-6-5-9-19(14-16)25-21(26)18-11-13-23-20(15-18)22(27)24-12-10-17-7-3-2-4-8-17/h2-9,11,13-15H,10,12H2,1H3,(H,24,27)(H,25,26). The van der Waals surface area contributed by atoms with E-state index >= 15 is 0 Å². The molecule has 0 spiro atoms. The van der Waals surface area contributed by atoms with Crippen LogP contribution >= 0.6 is 0 Å². The summed E-state index contributed by atoms with van der Waals surface area (Å²) >= 11 is 0. The van der Waals surface area contributed by atoms with E-state index in [2.05, 4.69) is 15.6 Å². The molecule has 2 N–H and O–H groups in total. The maximum atomic E-state index is 12.4. The summed E-state index contributed by atoms with van der Waals surface area (Å²) in [7, 11) is 0. The molecule has 0 saturated carbocycles. The highest BCUT2D eigenvalue weighted by Crippen LogP contribution is 2.12. The molecule has 1 aromatic heterocycles. The number of hydrogen-bond donors (Lipinski definition) is 2. The van der Waals surface area contributed by atoms with E-state index in [1.165, 1.54) is 12.3 Å². The van der Waals surface area contributed by atoms with Gasteiger partial charge in [0, 0.05) is 24.0 Å². The van der Waals surface area contributed by atoms with Gasteiger partial charge in [0.15, 0.2) is 0 Å². The van der Waals surface area contributed by atoms with Crippen LogP contribution in [-0.2, 0) is 6.42 Å². The Morgan fingerprint density at radius 3 is 2.52 bits per heavy atom. The number of pyridine rings is 1. The van der Waals surface area contributed by atoms with Crippen LogP contribution in [0.3, 0.4) is 0 Å². The molecule has 0 radical (unpaired) electrons. The normalized spacial score (nSPS) is 10.3. The fourth-order valence-electron chi connectivity index (χ4n) is 2.68. The summed E-state index contributed by atoms with van der Waals surface area (Å²) in [6, 6.07) is 20.6. The maximum Gasteiger partial charge on any atom is 0.269 e. The minimum Gasteiger partial charge on any atom is -0.350 e. The van der Waals surface area contributed by atoms with Gasteiger partial charge < -0.3 is 10.6 Å². The Labute approximate surface area is 158 Å². The number of aryl methyl sites for hydroxylation is 1. The van der Waals surface area contributed by atoms with E-state index < -0.39 is 0 Å². The van der Waals surface area contributed by atoms with Gasteiger partial charge in [-0.15, -0.1) is 0 Å². The summed E-state index contributed by atoms with van der Waals surface area (Å²) in [5.74, 6) is -0.572. The zero-order valence-electron chi connectivity index (χ0n) is 15.1. The third kappa shape index (κ3) is 5.25. The predicted molar refractivity (Wildman–Crippen MR) is 106 cm³/mol. The van der Waals surface area contributed by atoms with E-state index in [9.17, 15) is 9.59 Å². The van der Waals surface area contributed by atoms with E-state index in [0.29, 0.717) is 17.8 Å². The molecule has 0 fully saturated rings. The first-order valence-corrected chi connectivity index (χ1v) is 8.78. The summed E-state index contributed by atoms with van der Waals surface area (Å²) in [5.41, 5.74) is 3.53. The summed E-state index contributed by atoms with van der Waals surface area (Å²) in [6.07, 6.45) is 2.21. The number of carbonyl (C=O) groups excluding carboxylic acids is 2. The van der Waals surface area contributed by atoms with Gasteiger partial charge in [0.1, 0.15) is 5.69 Å². The molecule has 0 aliphatic heterocycles. The Bertz CT molecular complexity index is 939. The summed E-state index contributed by atoms with van der Waals surface area (Å²) < 4.78 is 0. The van der Waals surface area contributed by atoms with E-state index in [0.717, 1.165) is 17.5 Å². The number of nitrogens with zero attached hydrogens (tertiary/aromatic N) is 1. The number of nitrogens with one attached hydrogen (secondary N) is 2. The van der Waals surface area contributed by atoms with E-state index in [1.54, 1.807) is 6.07 Å². The lowest BCUT2D eigenvalue weighted by molar-refractivity contribution is 0.0949. The second-order valence-corrected chi connectivity index (χ2v) is 6.24. The SMILES string of the molecule is Cc1cccc(NC(=O)c2ccnc(C(=O)NCCc3ccccc3)c2)c1. The molecule has 3 rings (SSSR count). The fraction of sp³-hybridized carbons (Fsp3) is 0.136. The number of hydrogen-bond acceptors (Lipinski definition) is 3. The molecule has 136 valence electrons. The third-order valence-corrected chi connectivity index (χ3v) is 4.07. The van der Waals surface area contributed by atoms with Crippen LogP contribution < -0.4 is 10.6 Å². The highest BCUT2D eigenvalue weighted by molar-refractivity contribution is 6.05. The number of amides is 2. The molecule has 0 bridgehead atoms. The smallest absolute Gasteiger partial charge is 0.269 e. The average Bonchev–Trinajstić information content (AvgIpc) is 2.69. The van der Waals surface area contributed by atoms with Gasteiger partial charge in [0.05, 0.1) is 0 Å². The van der Waals surface area contributed by atoms with Crippen molar-refractivity contribution < 1.29 is 9.59 Å². The largest absolute Gasteiger partial charge is 0.350 e. The molecule has 1 heterocycles. The van der Waals surface area contributed by atoms with Gasteiger partial charge in [0.25, 0.3) is 11.8 Å². The van der Waals surface area contributed by atoms with E-state index in [4.69, 9.17) is 0 Å². The monoisotopic (exact) mass is 359 g/mol. The molecule has 0 atom stereocenters. The van der Waals surface area contributed by atoms with Crippen molar-refractivity contribution in [3.8, 4) is 0 Å². The molecule has 27 heavy (non-hydrogen) atoms. The van der Waals surface area contributed by atoms with Crippen molar-refractivity contribution >= 4 is 17.5 Å². The van der Waals surface area contributed by atoms with Crippen LogP contribution in [0.25, 0.3) is 0 Å². The Hall–Kier alpha value is -3.47. The molecule has 3 aromatic rings. The highest BCUT2D eigenvalue weighted by atomic mass is 16.2. The molecule has 2 aromatic carbocycles. The van der Waals surface area contributed by atoms with Gasteiger partial charge in [-0.25, -0.2) is 0 Å². The van der Waals surface area contributed by atoms with Crippen LogP contribution in [0.15, 0.2) is 72.9 Å². The topological polar surface area (TPSA) is 71.1 Å². The van der Waals surface area contributed by atoms with Crippen molar-refractivity contribution in [3.05, 3.63) is 95.3 Å². The van der Waals surface area contributed by atoms with Gasteiger partial charge in [-0.1, -0.05) is 42.5 Å². The van der Waals surface area contributed by atoms with Crippen LogP contribution in [0.2, 0.25) is 0 Å². The molecular formula is C22H21N3O2. The van der Waals surface area contributed by atoms with Gasteiger partial charge in [0.2, 0.25) is 0 Å². The molecular weight excluding hydrogens is 338 g/mol. The van der Waals surface area contributed by atoms with Gasteiger partial charge >= 0.3 is 0 Å². The zero-order valence-corrected chi connectivity index (χ0v) is 15.1. The Morgan fingerprint density at radius 1 is 0.926 bits per heavy atom. The number of rotatable bonds is 6. The van der Waals surface area contributed by atoms with Crippen molar-refractivity contribution in [2.45, 2.75) is 13.3 Å². The van der Waals surface area contributed by atoms with Crippen molar-refractivity contribution in [1.82, 2.24) is 10.3 Å². The third-order valence-electron chi connectivity index (χ3n) is 4.07. The highest BCUT2D eigenvalue weighted by Gasteiger charge is 2.12. The molecule has 0 saturated heterocycles. The molecule has 2 amide bonds. The van der Waals surface area contributed by atoms with Crippen LogP contribution in [0.4, 0.5) is 5.69 Å². The summed E-state index contributed by atoms with van der Waals surface area (Å²) in [5, 5.41) is 5.67. The van der Waals surface area contributed by atoms with Crippen LogP contribution in [0.5, 0.6) is 0 Å². The minimum atomic E-state index is -0.295. The number of carbonyl (C=O) groups is 2. The predicted octanol–water partition coefficient (Wildman–Crippen LogP) is 3.61. The van der Waals surface area contributed by atoms with Crippen molar-refractivity contribution in [2.24, 2.45) is 0 Å². The first kappa shape index (κ1) is 18.3. The molecule has 0 aliphatic carbocycles. The maximum absolute atomic E-state index is 12.4. The van der Waals surface area contributed by atoms with E-state index in [1.807, 2.05) is 61.5 Å². The lowest BCUT2D eigenvalue weighted by Crippen LogP contribution is -2.27. The summed E-state index contributed by atoms with van der Waals surface area (Å²) in [4.78, 5) is 28.8. The second kappa shape index (κ2) is 8.76. The van der Waals surface area contributed by atoms with Crippen molar-refractivity contribution in [3.63, 3.8) is 0 Å². The van der Waals surface area contributed by atoms with Crippen molar-refractivity contribution in [2.75, 3.05) is 11.9 Å². The lowest BCUT2D eigenvalue weighted by Gasteiger charge is -2.08. The van der Waals surface area contributed by atoms with Gasteiger partial charge in [-0.3, -0.25) is 14.6 Å². The number of benzene rings is 2. The van der Waals surface area contributed by atoms with E-state index in [-0.39, 0.29) is 17.5 Å². The Balaban J connectivity index is 1.60.